The normalized spacial score (nSPS) is 18.7. The van der Waals surface area contributed by atoms with Crippen LogP contribution in [0.3, 0.4) is 0 Å². The third kappa shape index (κ3) is 3.85. The second kappa shape index (κ2) is 8.91. The van der Waals surface area contributed by atoms with Gasteiger partial charge in [-0.05, 0) is 70.0 Å². The van der Waals surface area contributed by atoms with Crippen LogP contribution in [0.5, 0.6) is 23.0 Å². The van der Waals surface area contributed by atoms with Crippen molar-refractivity contribution in [1.29, 1.82) is 0 Å². The quantitative estimate of drug-likeness (QED) is 0.350. The molecule has 33 heavy (non-hydrogen) atoms. The summed E-state index contributed by atoms with van der Waals surface area (Å²) < 4.78 is 25.0. The molecule has 0 saturated heterocycles. The first-order chi connectivity index (χ1) is 16.0. The third-order valence-corrected chi connectivity index (χ3v) is 6.98. The number of halogens is 2. The first kappa shape index (κ1) is 22.1. The van der Waals surface area contributed by atoms with Crippen molar-refractivity contribution in [2.75, 3.05) is 21.3 Å². The van der Waals surface area contributed by atoms with Gasteiger partial charge in [-0.3, -0.25) is 0 Å². The van der Waals surface area contributed by atoms with Gasteiger partial charge in [0.2, 0.25) is 6.23 Å². The predicted molar refractivity (Wildman–Crippen MR) is 133 cm³/mol. The summed E-state index contributed by atoms with van der Waals surface area (Å²) in [7, 11) is 4.93. The number of nitrogens with zero attached hydrogens (tertiary/aromatic N) is 2. The number of rotatable bonds is 5. The van der Waals surface area contributed by atoms with Crippen LogP contribution < -0.4 is 18.9 Å². The first-order valence-corrected chi connectivity index (χ1v) is 12.0. The molecular formula is C25H22Br2N2O4. The molecule has 0 aliphatic carbocycles. The lowest BCUT2D eigenvalue weighted by Crippen LogP contribution is -2.34. The summed E-state index contributed by atoms with van der Waals surface area (Å²) in [6, 6.07) is 17.9. The molecule has 0 fully saturated rings. The van der Waals surface area contributed by atoms with E-state index in [1.807, 2.05) is 53.5 Å². The molecular weight excluding hydrogens is 552 g/mol. The summed E-state index contributed by atoms with van der Waals surface area (Å²) in [4.78, 5) is 0. The van der Waals surface area contributed by atoms with Gasteiger partial charge in [0.05, 0.1) is 43.1 Å². The van der Waals surface area contributed by atoms with Crippen LogP contribution in [0.1, 0.15) is 35.4 Å². The topological polar surface area (TPSA) is 52.5 Å². The highest BCUT2D eigenvalue weighted by Crippen LogP contribution is 2.52. The Kier molecular flexibility index (Phi) is 5.97. The van der Waals surface area contributed by atoms with Gasteiger partial charge in [-0.25, -0.2) is 5.01 Å². The average Bonchev–Trinajstić information content (AvgIpc) is 3.29. The number of para-hydroxylation sites is 1. The van der Waals surface area contributed by atoms with Gasteiger partial charge in [-0.1, -0.05) is 22.0 Å². The number of fused-ring (bicyclic) bond motifs is 3. The summed E-state index contributed by atoms with van der Waals surface area (Å²) in [5.74, 6) is 2.90. The van der Waals surface area contributed by atoms with Crippen molar-refractivity contribution in [3.63, 3.8) is 0 Å². The lowest BCUT2D eigenvalue weighted by atomic mass is 9.95. The van der Waals surface area contributed by atoms with Gasteiger partial charge >= 0.3 is 0 Å². The zero-order valence-corrected chi connectivity index (χ0v) is 21.5. The lowest BCUT2D eigenvalue weighted by molar-refractivity contribution is -0.0212. The van der Waals surface area contributed by atoms with Crippen molar-refractivity contribution in [2.45, 2.75) is 18.7 Å². The Balaban J connectivity index is 1.64. The fraction of sp³-hybridized carbons (Fsp3) is 0.240. The molecule has 0 spiro atoms. The Bertz CT molecular complexity index is 1230. The SMILES string of the molecule is COc1ccc(C2=NN3[C@H](C2)c2cc(Br)cc(Br)c2O[C@@H]3c2cccc(OC)c2OC)cc1. The molecule has 3 aromatic rings. The summed E-state index contributed by atoms with van der Waals surface area (Å²) in [5.41, 5.74) is 3.96. The molecule has 3 aromatic carbocycles. The van der Waals surface area contributed by atoms with Gasteiger partial charge in [-0.15, -0.1) is 0 Å². The van der Waals surface area contributed by atoms with E-state index in [1.54, 1.807) is 21.3 Å². The number of benzene rings is 3. The number of hydrogen-bond acceptors (Lipinski definition) is 6. The molecule has 0 saturated carbocycles. The molecule has 5 rings (SSSR count). The molecule has 2 atom stereocenters. The van der Waals surface area contributed by atoms with Gasteiger partial charge < -0.3 is 18.9 Å². The third-order valence-electron chi connectivity index (χ3n) is 5.93. The zero-order chi connectivity index (χ0) is 23.1. The van der Waals surface area contributed by atoms with E-state index in [0.717, 1.165) is 49.3 Å². The average molecular weight is 574 g/mol. The van der Waals surface area contributed by atoms with Crippen molar-refractivity contribution in [1.82, 2.24) is 5.01 Å². The van der Waals surface area contributed by atoms with Crippen molar-refractivity contribution in [2.24, 2.45) is 5.10 Å². The van der Waals surface area contributed by atoms with E-state index in [2.05, 4.69) is 37.9 Å². The molecule has 8 heteroatoms. The smallest absolute Gasteiger partial charge is 0.217 e. The van der Waals surface area contributed by atoms with E-state index in [1.165, 1.54) is 0 Å². The maximum Gasteiger partial charge on any atom is 0.217 e. The predicted octanol–water partition coefficient (Wildman–Crippen LogP) is 6.48. The van der Waals surface area contributed by atoms with Gasteiger partial charge in [0.1, 0.15) is 11.5 Å². The lowest BCUT2D eigenvalue weighted by Gasteiger charge is -2.39. The van der Waals surface area contributed by atoms with Crippen LogP contribution in [-0.4, -0.2) is 32.0 Å². The van der Waals surface area contributed by atoms with Crippen molar-refractivity contribution >= 4 is 37.6 Å². The molecule has 0 unspecified atom stereocenters. The summed E-state index contributed by atoms with van der Waals surface area (Å²) in [5, 5.41) is 7.07. The Morgan fingerprint density at radius 1 is 0.939 bits per heavy atom. The molecule has 0 N–H and O–H groups in total. The van der Waals surface area contributed by atoms with E-state index in [0.29, 0.717) is 11.5 Å². The summed E-state index contributed by atoms with van der Waals surface area (Å²) >= 11 is 7.31. The first-order valence-electron chi connectivity index (χ1n) is 10.4. The molecule has 0 amide bonds. The van der Waals surface area contributed by atoms with Gasteiger partial charge in [0.25, 0.3) is 0 Å². The van der Waals surface area contributed by atoms with Crippen LogP contribution in [0.25, 0.3) is 0 Å². The van der Waals surface area contributed by atoms with E-state index in [-0.39, 0.29) is 6.04 Å². The maximum absolute atomic E-state index is 6.58. The Labute approximate surface area is 209 Å². The van der Waals surface area contributed by atoms with Crippen molar-refractivity contribution in [3.05, 3.63) is 80.2 Å². The van der Waals surface area contributed by atoms with E-state index < -0.39 is 6.23 Å². The highest BCUT2D eigenvalue weighted by molar-refractivity contribution is 9.11. The molecule has 0 radical (unpaired) electrons. The van der Waals surface area contributed by atoms with Crippen molar-refractivity contribution < 1.29 is 18.9 Å². The highest BCUT2D eigenvalue weighted by atomic mass is 79.9. The minimum Gasteiger partial charge on any atom is -0.497 e. The van der Waals surface area contributed by atoms with Crippen molar-refractivity contribution in [3.8, 4) is 23.0 Å². The highest BCUT2D eigenvalue weighted by Gasteiger charge is 2.43. The molecule has 6 nitrogen and oxygen atoms in total. The Morgan fingerprint density at radius 2 is 1.73 bits per heavy atom. The number of ether oxygens (including phenoxy) is 4. The summed E-state index contributed by atoms with van der Waals surface area (Å²) in [6.45, 7) is 0. The fourth-order valence-corrected chi connectivity index (χ4v) is 5.74. The van der Waals surface area contributed by atoms with E-state index in [4.69, 9.17) is 24.0 Å². The molecule has 0 bridgehead atoms. The van der Waals surface area contributed by atoms with Gasteiger partial charge in [0, 0.05) is 16.5 Å². The van der Waals surface area contributed by atoms with E-state index >= 15 is 0 Å². The van der Waals surface area contributed by atoms with Crippen LogP contribution in [0, 0.1) is 0 Å². The maximum atomic E-state index is 6.58. The van der Waals surface area contributed by atoms with Crippen LogP contribution >= 0.6 is 31.9 Å². The fourth-order valence-electron chi connectivity index (χ4n) is 4.38. The second-order valence-electron chi connectivity index (χ2n) is 7.73. The second-order valence-corrected chi connectivity index (χ2v) is 9.50. The van der Waals surface area contributed by atoms with E-state index in [9.17, 15) is 0 Å². The van der Waals surface area contributed by atoms with Crippen LogP contribution in [0.15, 0.2) is 68.6 Å². The monoisotopic (exact) mass is 572 g/mol. The molecule has 2 heterocycles. The van der Waals surface area contributed by atoms with Gasteiger partial charge in [-0.2, -0.15) is 5.10 Å². The minimum absolute atomic E-state index is 0.000517. The minimum atomic E-state index is -0.485. The van der Waals surface area contributed by atoms with Gasteiger partial charge in [0.15, 0.2) is 11.5 Å². The summed E-state index contributed by atoms with van der Waals surface area (Å²) in [6.07, 6.45) is 0.259. The number of methoxy groups -OCH3 is 3. The molecule has 2 aliphatic rings. The molecule has 0 aromatic heterocycles. The molecule has 170 valence electrons. The molecule has 2 aliphatic heterocycles. The Morgan fingerprint density at radius 3 is 2.42 bits per heavy atom. The number of hydrogen-bond donors (Lipinski definition) is 0. The standard InChI is InChI=1S/C25H22Br2N2O4/c1-30-16-9-7-14(8-10-16)20-13-21-18-11-15(26)12-19(27)23(18)33-25(29(21)28-20)17-5-4-6-22(31-2)24(17)32-3/h4-12,21,25H,13H2,1-3H3/t21-,25-/m1/s1. The zero-order valence-electron chi connectivity index (χ0n) is 18.3. The van der Waals surface area contributed by atoms with Crippen LogP contribution in [0.4, 0.5) is 0 Å². The van der Waals surface area contributed by atoms with Crippen LogP contribution in [-0.2, 0) is 0 Å². The number of hydrazone groups is 1. The van der Waals surface area contributed by atoms with Crippen LogP contribution in [0.2, 0.25) is 0 Å². The Hall–Kier alpha value is -2.71. The largest absolute Gasteiger partial charge is 0.497 e.